The molecule has 0 bridgehead atoms. The number of carbonyl (C=O) groups is 1. The maximum atomic E-state index is 13.8. The van der Waals surface area contributed by atoms with E-state index in [2.05, 4.69) is 5.16 Å². The summed E-state index contributed by atoms with van der Waals surface area (Å²) in [4.78, 5) is 12.5. The van der Waals surface area contributed by atoms with Crippen molar-refractivity contribution in [3.63, 3.8) is 0 Å². The molecule has 10 heteroatoms. The number of hydrogen-bond acceptors (Lipinski definition) is 7. The van der Waals surface area contributed by atoms with E-state index in [-0.39, 0.29) is 11.5 Å². The van der Waals surface area contributed by atoms with Crippen LogP contribution in [0.25, 0.3) is 10.6 Å². The smallest absolute Gasteiger partial charge is 0.341 e. The van der Waals surface area contributed by atoms with Gasteiger partial charge in [-0.3, -0.25) is 0 Å². The van der Waals surface area contributed by atoms with Crippen molar-refractivity contribution >= 4 is 27.3 Å². The number of thiophene rings is 1. The van der Waals surface area contributed by atoms with Crippen molar-refractivity contribution in [3.8, 4) is 10.6 Å². The summed E-state index contributed by atoms with van der Waals surface area (Å²) in [6.45, 7) is -0.257. The molecule has 3 rings (SSSR count). The Morgan fingerprint density at radius 1 is 1.32 bits per heavy atom. The highest BCUT2D eigenvalue weighted by Gasteiger charge is 2.19. The van der Waals surface area contributed by atoms with E-state index in [9.17, 15) is 17.6 Å². The quantitative estimate of drug-likeness (QED) is 0.679. The number of halogens is 1. The van der Waals surface area contributed by atoms with Gasteiger partial charge in [0.25, 0.3) is 0 Å². The van der Waals surface area contributed by atoms with E-state index in [0.29, 0.717) is 11.5 Å². The van der Waals surface area contributed by atoms with Gasteiger partial charge in [0.2, 0.25) is 10.0 Å². The largest absolute Gasteiger partial charge is 0.455 e. The molecule has 3 aromatic rings. The average molecular weight is 382 g/mol. The van der Waals surface area contributed by atoms with Gasteiger partial charge >= 0.3 is 5.97 Å². The van der Waals surface area contributed by atoms with Crippen molar-refractivity contribution < 1.29 is 26.9 Å². The summed E-state index contributed by atoms with van der Waals surface area (Å²) >= 11 is 1.46. The molecule has 0 atom stereocenters. The Morgan fingerprint density at radius 2 is 2.12 bits per heavy atom. The van der Waals surface area contributed by atoms with Gasteiger partial charge in [-0.15, -0.1) is 11.3 Å². The molecule has 1 aromatic carbocycles. The van der Waals surface area contributed by atoms with Crippen molar-refractivity contribution in [2.75, 3.05) is 0 Å². The second-order valence-corrected chi connectivity index (χ2v) is 7.43. The minimum absolute atomic E-state index is 0.257. The van der Waals surface area contributed by atoms with Gasteiger partial charge in [-0.05, 0) is 29.6 Å². The third kappa shape index (κ3) is 3.92. The standard InChI is InChI=1S/C15H11FN2O5S2/c16-12-4-3-10(25(17,20)21)7-11(12)15(19)22-8-9-6-13(23-18-9)14-2-1-5-24-14/h1-7H,8H2,(H2,17,20,21). The predicted molar refractivity (Wildman–Crippen MR) is 86.7 cm³/mol. The molecule has 7 nitrogen and oxygen atoms in total. The second kappa shape index (κ2) is 6.75. The lowest BCUT2D eigenvalue weighted by Gasteiger charge is -2.05. The van der Waals surface area contributed by atoms with Gasteiger partial charge in [0, 0.05) is 6.07 Å². The first-order valence-corrected chi connectivity index (χ1v) is 9.26. The first-order valence-electron chi connectivity index (χ1n) is 6.83. The van der Waals surface area contributed by atoms with Crippen molar-refractivity contribution in [1.29, 1.82) is 0 Å². The van der Waals surface area contributed by atoms with Crippen molar-refractivity contribution in [2.45, 2.75) is 11.5 Å². The lowest BCUT2D eigenvalue weighted by atomic mass is 10.2. The van der Waals surface area contributed by atoms with Crippen LogP contribution in [0.2, 0.25) is 0 Å². The van der Waals surface area contributed by atoms with Crippen LogP contribution in [0.15, 0.2) is 51.2 Å². The van der Waals surface area contributed by atoms with E-state index in [1.165, 1.54) is 11.3 Å². The van der Waals surface area contributed by atoms with Crippen LogP contribution in [0.3, 0.4) is 0 Å². The number of nitrogens with zero attached hydrogens (tertiary/aromatic N) is 1. The van der Waals surface area contributed by atoms with Gasteiger partial charge < -0.3 is 9.26 Å². The summed E-state index contributed by atoms with van der Waals surface area (Å²) in [5, 5.41) is 10.6. The Bertz CT molecular complexity index is 1010. The SMILES string of the molecule is NS(=O)(=O)c1ccc(F)c(C(=O)OCc2cc(-c3cccs3)on2)c1. The molecule has 0 saturated heterocycles. The fourth-order valence-electron chi connectivity index (χ4n) is 1.97. The zero-order chi connectivity index (χ0) is 18.0. The molecular formula is C15H11FN2O5S2. The number of carbonyl (C=O) groups excluding carboxylic acids is 1. The molecule has 0 saturated carbocycles. The summed E-state index contributed by atoms with van der Waals surface area (Å²) in [5.74, 6) is -1.44. The number of primary sulfonamides is 1. The predicted octanol–water partition coefficient (Wildman–Crippen LogP) is 2.55. The van der Waals surface area contributed by atoms with Gasteiger partial charge in [0.15, 0.2) is 5.76 Å². The Labute approximate surface area is 145 Å². The number of esters is 1. The molecular weight excluding hydrogens is 371 g/mol. The van der Waals surface area contributed by atoms with E-state index >= 15 is 0 Å². The molecule has 2 N–H and O–H groups in total. The lowest BCUT2D eigenvalue weighted by molar-refractivity contribution is 0.0458. The van der Waals surface area contributed by atoms with E-state index in [1.807, 2.05) is 17.5 Å². The van der Waals surface area contributed by atoms with Crippen LogP contribution in [-0.4, -0.2) is 19.5 Å². The highest BCUT2D eigenvalue weighted by Crippen LogP contribution is 2.25. The Balaban J connectivity index is 1.73. The normalized spacial score (nSPS) is 11.4. The second-order valence-electron chi connectivity index (χ2n) is 4.92. The van der Waals surface area contributed by atoms with E-state index < -0.39 is 27.4 Å². The zero-order valence-electron chi connectivity index (χ0n) is 12.5. The number of sulfonamides is 1. The lowest BCUT2D eigenvalue weighted by Crippen LogP contribution is -2.14. The molecule has 0 radical (unpaired) electrons. The van der Waals surface area contributed by atoms with Gasteiger partial charge in [0.1, 0.15) is 18.1 Å². The van der Waals surface area contributed by atoms with Crippen LogP contribution in [0.5, 0.6) is 0 Å². The molecule has 2 heterocycles. The van der Waals surface area contributed by atoms with Crippen LogP contribution < -0.4 is 5.14 Å². The molecule has 0 spiro atoms. The van der Waals surface area contributed by atoms with Gasteiger partial charge in [-0.25, -0.2) is 22.7 Å². The minimum Gasteiger partial charge on any atom is -0.455 e. The monoisotopic (exact) mass is 382 g/mol. The van der Waals surface area contributed by atoms with Crippen molar-refractivity contribution in [1.82, 2.24) is 5.16 Å². The number of rotatable bonds is 5. The fourth-order valence-corrected chi connectivity index (χ4v) is 3.18. The zero-order valence-corrected chi connectivity index (χ0v) is 14.1. The van der Waals surface area contributed by atoms with Gasteiger partial charge in [0.05, 0.1) is 15.3 Å². The Kier molecular flexibility index (Phi) is 4.66. The molecule has 2 aromatic heterocycles. The first-order chi connectivity index (χ1) is 11.8. The number of aromatic nitrogens is 1. The summed E-state index contributed by atoms with van der Waals surface area (Å²) in [5.41, 5.74) is -0.201. The van der Waals surface area contributed by atoms with Crippen molar-refractivity contribution in [3.05, 3.63) is 58.9 Å². The Morgan fingerprint density at radius 3 is 2.80 bits per heavy atom. The molecule has 0 aliphatic heterocycles. The maximum Gasteiger partial charge on any atom is 0.341 e. The van der Waals surface area contributed by atoms with E-state index in [1.54, 1.807) is 6.07 Å². The molecule has 0 unspecified atom stereocenters. The summed E-state index contributed by atoms with van der Waals surface area (Å²) < 4.78 is 46.4. The third-order valence-electron chi connectivity index (χ3n) is 3.16. The maximum absolute atomic E-state index is 13.8. The topological polar surface area (TPSA) is 112 Å². The number of benzene rings is 1. The number of nitrogens with two attached hydrogens (primary N) is 1. The summed E-state index contributed by atoms with van der Waals surface area (Å²) in [6, 6.07) is 7.91. The molecule has 0 aliphatic rings. The van der Waals surface area contributed by atoms with Crippen LogP contribution in [0.4, 0.5) is 4.39 Å². The van der Waals surface area contributed by atoms with Crippen molar-refractivity contribution in [2.24, 2.45) is 5.14 Å². The highest BCUT2D eigenvalue weighted by molar-refractivity contribution is 7.89. The van der Waals surface area contributed by atoms with E-state index in [0.717, 1.165) is 23.1 Å². The summed E-state index contributed by atoms with van der Waals surface area (Å²) in [6.07, 6.45) is 0. The molecule has 0 fully saturated rings. The van der Waals surface area contributed by atoms with Gasteiger partial charge in [-0.2, -0.15) is 0 Å². The van der Waals surface area contributed by atoms with E-state index in [4.69, 9.17) is 14.4 Å². The van der Waals surface area contributed by atoms with Crippen LogP contribution >= 0.6 is 11.3 Å². The average Bonchev–Trinajstić information content (AvgIpc) is 3.23. The molecule has 0 aliphatic carbocycles. The van der Waals surface area contributed by atoms with Crippen LogP contribution in [0, 0.1) is 5.82 Å². The van der Waals surface area contributed by atoms with Crippen LogP contribution in [0.1, 0.15) is 16.1 Å². The minimum atomic E-state index is -4.07. The number of ether oxygens (including phenoxy) is 1. The fraction of sp³-hybridized carbons (Fsp3) is 0.0667. The molecule has 130 valence electrons. The number of hydrogen-bond donors (Lipinski definition) is 1. The molecule has 0 amide bonds. The molecule has 25 heavy (non-hydrogen) atoms. The Hall–Kier alpha value is -2.56. The first kappa shape index (κ1) is 17.3. The highest BCUT2D eigenvalue weighted by atomic mass is 32.2. The van der Waals surface area contributed by atoms with Crippen LogP contribution in [-0.2, 0) is 21.4 Å². The summed E-state index contributed by atoms with van der Waals surface area (Å²) in [7, 11) is -4.07. The third-order valence-corrected chi connectivity index (χ3v) is 4.96. The van der Waals surface area contributed by atoms with Gasteiger partial charge in [-0.1, -0.05) is 11.2 Å².